The highest BCUT2D eigenvalue weighted by Crippen LogP contribution is 2.13. The number of nitrogens with one attached hydrogen (secondary N) is 1. The van der Waals surface area contributed by atoms with Gasteiger partial charge in [-0.2, -0.15) is 0 Å². The van der Waals surface area contributed by atoms with E-state index in [-0.39, 0.29) is 11.4 Å². The molecule has 1 fully saturated rings. The number of carbonyl (C=O) groups is 1. The second-order valence-corrected chi connectivity index (χ2v) is 6.38. The molecule has 1 aromatic carbocycles. The molecule has 104 valence electrons. The van der Waals surface area contributed by atoms with Crippen LogP contribution < -0.4 is 5.32 Å². The van der Waals surface area contributed by atoms with Crippen molar-refractivity contribution in [3.05, 3.63) is 35.4 Å². The minimum Gasteiger partial charge on any atom is -0.347 e. The van der Waals surface area contributed by atoms with Crippen LogP contribution in [0.2, 0.25) is 0 Å². The summed E-state index contributed by atoms with van der Waals surface area (Å²) in [5, 5.41) is 2.98. The van der Waals surface area contributed by atoms with Gasteiger partial charge in [-0.1, -0.05) is 12.1 Å². The number of carbonyl (C=O) groups excluding carboxylic acids is 1. The van der Waals surface area contributed by atoms with Crippen LogP contribution in [0.25, 0.3) is 0 Å². The van der Waals surface area contributed by atoms with Crippen LogP contribution in [0.4, 0.5) is 0 Å². The number of likely N-dealkylation sites (tertiary alicyclic amines) is 1. The van der Waals surface area contributed by atoms with E-state index >= 15 is 0 Å². The number of rotatable bonds is 3. The summed E-state index contributed by atoms with van der Waals surface area (Å²) in [7, 11) is 0. The zero-order chi connectivity index (χ0) is 13.9. The average Bonchev–Trinajstić information content (AvgIpc) is 2.80. The van der Waals surface area contributed by atoms with Crippen molar-refractivity contribution in [2.45, 2.75) is 45.7 Å². The van der Waals surface area contributed by atoms with E-state index in [1.165, 1.54) is 31.5 Å². The molecule has 0 radical (unpaired) electrons. The van der Waals surface area contributed by atoms with Gasteiger partial charge in [0.2, 0.25) is 0 Å². The molecule has 0 bridgehead atoms. The van der Waals surface area contributed by atoms with Gasteiger partial charge in [0.25, 0.3) is 5.91 Å². The highest BCUT2D eigenvalue weighted by atomic mass is 16.1. The van der Waals surface area contributed by atoms with E-state index in [4.69, 9.17) is 0 Å². The third kappa shape index (κ3) is 4.35. The Hall–Kier alpha value is -1.35. The van der Waals surface area contributed by atoms with Crippen molar-refractivity contribution in [1.29, 1.82) is 0 Å². The lowest BCUT2D eigenvalue weighted by atomic mass is 10.1. The molecular formula is C16H24N2O. The third-order valence-corrected chi connectivity index (χ3v) is 3.31. The quantitative estimate of drug-likeness (QED) is 0.906. The number of hydrogen-bond acceptors (Lipinski definition) is 2. The van der Waals surface area contributed by atoms with Crippen LogP contribution in [0.15, 0.2) is 24.3 Å². The third-order valence-electron chi connectivity index (χ3n) is 3.31. The Balaban J connectivity index is 1.95. The highest BCUT2D eigenvalue weighted by Gasteiger charge is 2.15. The minimum atomic E-state index is -0.189. The van der Waals surface area contributed by atoms with Crippen molar-refractivity contribution in [2.75, 3.05) is 13.1 Å². The van der Waals surface area contributed by atoms with Gasteiger partial charge < -0.3 is 5.32 Å². The van der Waals surface area contributed by atoms with Gasteiger partial charge in [0.15, 0.2) is 0 Å². The van der Waals surface area contributed by atoms with Gasteiger partial charge in [0, 0.05) is 17.6 Å². The first-order chi connectivity index (χ1) is 8.94. The Morgan fingerprint density at radius 1 is 1.16 bits per heavy atom. The summed E-state index contributed by atoms with van der Waals surface area (Å²) in [6.45, 7) is 9.38. The van der Waals surface area contributed by atoms with Crippen molar-refractivity contribution >= 4 is 5.91 Å². The minimum absolute atomic E-state index is 0.000206. The van der Waals surface area contributed by atoms with E-state index in [0.29, 0.717) is 0 Å². The first-order valence-electron chi connectivity index (χ1n) is 7.08. The molecule has 0 atom stereocenters. The molecule has 19 heavy (non-hydrogen) atoms. The van der Waals surface area contributed by atoms with Gasteiger partial charge in [-0.15, -0.1) is 0 Å². The van der Waals surface area contributed by atoms with Gasteiger partial charge >= 0.3 is 0 Å². The second kappa shape index (κ2) is 5.74. The fraction of sp³-hybridized carbons (Fsp3) is 0.562. The first-order valence-corrected chi connectivity index (χ1v) is 7.08. The molecule has 1 heterocycles. The molecule has 1 amide bonds. The fourth-order valence-corrected chi connectivity index (χ4v) is 2.37. The lowest BCUT2D eigenvalue weighted by molar-refractivity contribution is 0.0919. The van der Waals surface area contributed by atoms with Crippen molar-refractivity contribution in [1.82, 2.24) is 10.2 Å². The molecule has 1 aromatic rings. The topological polar surface area (TPSA) is 32.3 Å². The maximum atomic E-state index is 12.0. The van der Waals surface area contributed by atoms with E-state index in [0.717, 1.165) is 12.1 Å². The molecule has 0 saturated carbocycles. The molecule has 3 nitrogen and oxygen atoms in total. The average molecular weight is 260 g/mol. The van der Waals surface area contributed by atoms with Crippen LogP contribution in [0.3, 0.4) is 0 Å². The largest absolute Gasteiger partial charge is 0.347 e. The lowest BCUT2D eigenvalue weighted by Crippen LogP contribution is -2.40. The summed E-state index contributed by atoms with van der Waals surface area (Å²) < 4.78 is 0. The van der Waals surface area contributed by atoms with E-state index in [1.807, 2.05) is 32.9 Å². The Kier molecular flexibility index (Phi) is 4.25. The summed E-state index contributed by atoms with van der Waals surface area (Å²) in [6.07, 6.45) is 2.62. The van der Waals surface area contributed by atoms with Gasteiger partial charge in [0.05, 0.1) is 0 Å². The molecule has 0 spiro atoms. The number of amides is 1. The molecular weight excluding hydrogens is 236 g/mol. The van der Waals surface area contributed by atoms with Gasteiger partial charge in [-0.25, -0.2) is 0 Å². The normalized spacial score (nSPS) is 16.6. The van der Waals surface area contributed by atoms with Crippen LogP contribution in [0.5, 0.6) is 0 Å². The van der Waals surface area contributed by atoms with E-state index in [1.54, 1.807) is 0 Å². The number of hydrogen-bond donors (Lipinski definition) is 1. The molecule has 1 aliphatic rings. The Morgan fingerprint density at radius 2 is 1.74 bits per heavy atom. The van der Waals surface area contributed by atoms with Gasteiger partial charge in [-0.05, 0) is 64.4 Å². The van der Waals surface area contributed by atoms with Crippen LogP contribution >= 0.6 is 0 Å². The molecule has 1 saturated heterocycles. The van der Waals surface area contributed by atoms with Crippen molar-refractivity contribution < 1.29 is 4.79 Å². The molecule has 1 aliphatic heterocycles. The standard InChI is InChI=1S/C16H24N2O/c1-16(2,3)17-15(19)14-8-6-13(7-9-14)12-18-10-4-5-11-18/h6-9H,4-5,10-12H2,1-3H3,(H,17,19). The van der Waals surface area contributed by atoms with Crippen molar-refractivity contribution in [2.24, 2.45) is 0 Å². The predicted molar refractivity (Wildman–Crippen MR) is 78.2 cm³/mol. The number of benzene rings is 1. The van der Waals surface area contributed by atoms with Crippen LogP contribution in [-0.2, 0) is 6.54 Å². The molecule has 0 unspecified atom stereocenters. The van der Waals surface area contributed by atoms with Crippen LogP contribution in [-0.4, -0.2) is 29.4 Å². The predicted octanol–water partition coefficient (Wildman–Crippen LogP) is 2.81. The monoisotopic (exact) mass is 260 g/mol. The Bertz CT molecular complexity index is 425. The molecule has 0 aromatic heterocycles. The maximum Gasteiger partial charge on any atom is 0.251 e. The highest BCUT2D eigenvalue weighted by molar-refractivity contribution is 5.94. The smallest absolute Gasteiger partial charge is 0.251 e. The van der Waals surface area contributed by atoms with Crippen LogP contribution in [0, 0.1) is 0 Å². The first kappa shape index (κ1) is 14.1. The molecule has 0 aliphatic carbocycles. The summed E-state index contributed by atoms with van der Waals surface area (Å²) in [5.74, 6) is 0.000206. The second-order valence-electron chi connectivity index (χ2n) is 6.38. The van der Waals surface area contributed by atoms with E-state index in [9.17, 15) is 4.79 Å². The molecule has 3 heteroatoms. The SMILES string of the molecule is CC(C)(C)NC(=O)c1ccc(CN2CCCC2)cc1. The zero-order valence-electron chi connectivity index (χ0n) is 12.2. The Morgan fingerprint density at radius 3 is 2.26 bits per heavy atom. The van der Waals surface area contributed by atoms with Crippen LogP contribution in [0.1, 0.15) is 49.5 Å². The van der Waals surface area contributed by atoms with Crippen molar-refractivity contribution in [3.63, 3.8) is 0 Å². The molecule has 2 rings (SSSR count). The number of nitrogens with zero attached hydrogens (tertiary/aromatic N) is 1. The van der Waals surface area contributed by atoms with E-state index < -0.39 is 0 Å². The van der Waals surface area contributed by atoms with Crippen molar-refractivity contribution in [3.8, 4) is 0 Å². The van der Waals surface area contributed by atoms with E-state index in [2.05, 4.69) is 22.3 Å². The van der Waals surface area contributed by atoms with Gasteiger partial charge in [0.1, 0.15) is 0 Å². The molecule has 1 N–H and O–H groups in total. The summed E-state index contributed by atoms with van der Waals surface area (Å²) in [6, 6.07) is 7.98. The maximum absolute atomic E-state index is 12.0. The fourth-order valence-electron chi connectivity index (χ4n) is 2.37. The summed E-state index contributed by atoms with van der Waals surface area (Å²) in [4.78, 5) is 14.5. The zero-order valence-corrected chi connectivity index (χ0v) is 12.2. The van der Waals surface area contributed by atoms with Gasteiger partial charge in [-0.3, -0.25) is 9.69 Å². The summed E-state index contributed by atoms with van der Waals surface area (Å²) >= 11 is 0. The Labute approximate surface area is 116 Å². The summed E-state index contributed by atoms with van der Waals surface area (Å²) in [5.41, 5.74) is 1.83. The lowest BCUT2D eigenvalue weighted by Gasteiger charge is -2.20.